The lowest BCUT2D eigenvalue weighted by atomic mass is 10.1. The van der Waals surface area contributed by atoms with Gasteiger partial charge in [-0.25, -0.2) is 4.98 Å². The van der Waals surface area contributed by atoms with E-state index in [1.165, 1.54) is 6.92 Å². The third kappa shape index (κ3) is 6.74. The molecule has 0 fully saturated rings. The number of rotatable bonds is 8. The average Bonchev–Trinajstić information content (AvgIpc) is 3.38. The van der Waals surface area contributed by atoms with Crippen LogP contribution in [0.3, 0.4) is 0 Å². The van der Waals surface area contributed by atoms with Gasteiger partial charge < -0.3 is 10.2 Å². The molecule has 1 aliphatic heterocycles. The minimum Gasteiger partial charge on any atom is -0.405 e. The second-order valence-corrected chi connectivity index (χ2v) is 9.22. The lowest BCUT2D eigenvalue weighted by Crippen LogP contribution is -2.24. The first-order valence-corrected chi connectivity index (χ1v) is 13.8. The molecule has 0 unspecified atom stereocenters. The molecule has 0 bridgehead atoms. The molecule has 0 radical (unpaired) electrons. The monoisotopic (exact) mass is 536 g/mol. The van der Waals surface area contributed by atoms with Crippen molar-refractivity contribution in [3.63, 3.8) is 0 Å². The second-order valence-electron chi connectivity index (χ2n) is 9.22. The summed E-state index contributed by atoms with van der Waals surface area (Å²) in [5, 5.41) is 5.29. The van der Waals surface area contributed by atoms with Crippen molar-refractivity contribution in [1.82, 2.24) is 19.9 Å². The first-order valence-electron chi connectivity index (χ1n) is 13.8. The standard InChI is InChI=1S/C31H30N4O3.C2H6/c1-3-10-26(32-22(2)36)13-9-18-34-21-25-19-24(16-17-29(25)38-34)30-33-28-15-8-7-14-27(28)31(37)35(30)20-23-11-5-4-6-12-23;1-2/h4-17,19H,3,18,20-21H2,1-2H3,(H,32,36);1-2H3/b13-9-,26-10+;. The first-order chi connectivity index (χ1) is 19.5. The Morgan fingerprint density at radius 2 is 1.80 bits per heavy atom. The van der Waals surface area contributed by atoms with Gasteiger partial charge in [0.25, 0.3) is 5.56 Å². The fraction of sp³-hybridized carbons (Fsp3) is 0.242. The molecule has 206 valence electrons. The van der Waals surface area contributed by atoms with Crippen molar-refractivity contribution in [3.05, 3.63) is 118 Å². The highest BCUT2D eigenvalue weighted by Crippen LogP contribution is 2.32. The van der Waals surface area contributed by atoms with Crippen LogP contribution in [0.25, 0.3) is 22.3 Å². The molecule has 1 amide bonds. The minimum absolute atomic E-state index is 0.0620. The number of carbonyl (C=O) groups excluding carboxylic acids is 1. The minimum atomic E-state index is -0.0975. The number of aromatic nitrogens is 2. The van der Waals surface area contributed by atoms with Crippen LogP contribution in [0.5, 0.6) is 5.75 Å². The third-order valence-corrected chi connectivity index (χ3v) is 6.29. The van der Waals surface area contributed by atoms with Gasteiger partial charge in [-0.3, -0.25) is 14.2 Å². The highest BCUT2D eigenvalue weighted by Gasteiger charge is 2.22. The van der Waals surface area contributed by atoms with Gasteiger partial charge in [0.05, 0.1) is 30.5 Å². The van der Waals surface area contributed by atoms with Gasteiger partial charge >= 0.3 is 0 Å². The summed E-state index contributed by atoms with van der Waals surface area (Å²) in [6.45, 7) is 9.10. The molecule has 3 aromatic carbocycles. The molecule has 0 spiro atoms. The fourth-order valence-corrected chi connectivity index (χ4v) is 4.58. The Morgan fingerprint density at radius 3 is 2.55 bits per heavy atom. The molecule has 7 nitrogen and oxygen atoms in total. The molecule has 0 aliphatic carbocycles. The van der Waals surface area contributed by atoms with E-state index in [2.05, 4.69) is 11.4 Å². The Kier molecular flexibility index (Phi) is 9.65. The predicted molar refractivity (Wildman–Crippen MR) is 161 cm³/mol. The lowest BCUT2D eigenvalue weighted by molar-refractivity contribution is -0.118. The lowest BCUT2D eigenvalue weighted by Gasteiger charge is -2.14. The second kappa shape index (κ2) is 13.5. The van der Waals surface area contributed by atoms with Crippen LogP contribution in [0.2, 0.25) is 0 Å². The number of hydrogen-bond donors (Lipinski definition) is 1. The number of fused-ring (bicyclic) bond motifs is 2. The normalized spacial score (nSPS) is 13.1. The molecular weight excluding hydrogens is 500 g/mol. The van der Waals surface area contributed by atoms with E-state index in [1.807, 2.05) is 111 Å². The summed E-state index contributed by atoms with van der Waals surface area (Å²) < 4.78 is 1.75. The zero-order valence-electron chi connectivity index (χ0n) is 23.6. The van der Waals surface area contributed by atoms with E-state index in [4.69, 9.17) is 9.82 Å². The van der Waals surface area contributed by atoms with Gasteiger partial charge in [-0.15, -0.1) is 5.06 Å². The van der Waals surface area contributed by atoms with Crippen LogP contribution in [0.15, 0.2) is 102 Å². The van der Waals surface area contributed by atoms with E-state index >= 15 is 0 Å². The number of benzene rings is 3. The Labute approximate surface area is 235 Å². The maximum absolute atomic E-state index is 13.6. The van der Waals surface area contributed by atoms with Gasteiger partial charge in [0.1, 0.15) is 5.82 Å². The average molecular weight is 537 g/mol. The van der Waals surface area contributed by atoms with Crippen molar-refractivity contribution in [3.8, 4) is 17.1 Å². The van der Waals surface area contributed by atoms with Gasteiger partial charge in [-0.1, -0.05) is 75.4 Å². The third-order valence-electron chi connectivity index (χ3n) is 6.29. The summed E-state index contributed by atoms with van der Waals surface area (Å²) in [5.74, 6) is 1.31. The van der Waals surface area contributed by atoms with Crippen LogP contribution >= 0.6 is 0 Å². The molecule has 40 heavy (non-hydrogen) atoms. The fourth-order valence-electron chi connectivity index (χ4n) is 4.58. The van der Waals surface area contributed by atoms with Crippen LogP contribution in [-0.2, 0) is 17.9 Å². The molecule has 4 aromatic rings. The van der Waals surface area contributed by atoms with E-state index in [9.17, 15) is 9.59 Å². The molecular formula is C33H36N4O3. The maximum atomic E-state index is 13.6. The first kappa shape index (κ1) is 28.5. The summed E-state index contributed by atoms with van der Waals surface area (Å²) >= 11 is 0. The molecule has 7 heteroatoms. The highest BCUT2D eigenvalue weighted by atomic mass is 16.7. The topological polar surface area (TPSA) is 76.5 Å². The van der Waals surface area contributed by atoms with Crippen molar-refractivity contribution >= 4 is 16.8 Å². The molecule has 0 saturated heterocycles. The number of para-hydroxylation sites is 1. The summed E-state index contributed by atoms with van der Waals surface area (Å²) in [6.07, 6.45) is 6.65. The molecule has 1 aromatic heterocycles. The van der Waals surface area contributed by atoms with Crippen LogP contribution < -0.4 is 15.7 Å². The van der Waals surface area contributed by atoms with E-state index in [0.717, 1.165) is 34.6 Å². The predicted octanol–water partition coefficient (Wildman–Crippen LogP) is 6.23. The van der Waals surface area contributed by atoms with Crippen molar-refractivity contribution in [2.45, 2.75) is 47.2 Å². The van der Waals surface area contributed by atoms with Gasteiger partial charge in [0, 0.05) is 23.7 Å². The summed E-state index contributed by atoms with van der Waals surface area (Å²) in [4.78, 5) is 35.9. The van der Waals surface area contributed by atoms with E-state index in [1.54, 1.807) is 4.57 Å². The SMILES string of the molecule is CC.CC/C=C(\C=C/CN1Cc2cc(-c3nc4ccccc4c(=O)n3Cc3ccccc3)ccc2O1)NC(C)=O. The Hall–Kier alpha value is -4.49. The number of allylic oxidation sites excluding steroid dienone is 2. The Balaban J connectivity index is 0.00000181. The number of carbonyl (C=O) groups is 1. The van der Waals surface area contributed by atoms with Crippen molar-refractivity contribution in [2.24, 2.45) is 0 Å². The number of amides is 1. The van der Waals surface area contributed by atoms with Gasteiger partial charge in [0.2, 0.25) is 5.91 Å². The molecule has 2 heterocycles. The number of nitrogens with zero attached hydrogens (tertiary/aromatic N) is 3. The largest absolute Gasteiger partial charge is 0.405 e. The summed E-state index contributed by atoms with van der Waals surface area (Å²) in [6, 6.07) is 23.3. The zero-order valence-corrected chi connectivity index (χ0v) is 23.6. The molecule has 0 atom stereocenters. The highest BCUT2D eigenvalue weighted by molar-refractivity contribution is 5.80. The van der Waals surface area contributed by atoms with Gasteiger partial charge in [-0.2, -0.15) is 0 Å². The smallest absolute Gasteiger partial charge is 0.261 e. The van der Waals surface area contributed by atoms with Crippen LogP contribution in [0, 0.1) is 0 Å². The molecule has 0 saturated carbocycles. The Morgan fingerprint density at radius 1 is 1.05 bits per heavy atom. The van der Waals surface area contributed by atoms with Crippen LogP contribution in [-0.4, -0.2) is 27.1 Å². The van der Waals surface area contributed by atoms with Gasteiger partial charge in [-0.05, 0) is 48.4 Å². The summed E-state index contributed by atoms with van der Waals surface area (Å²) in [7, 11) is 0. The van der Waals surface area contributed by atoms with E-state index in [0.29, 0.717) is 36.4 Å². The quantitative estimate of drug-likeness (QED) is 0.270. The number of hydrogen-bond acceptors (Lipinski definition) is 5. The van der Waals surface area contributed by atoms with Crippen molar-refractivity contribution in [2.75, 3.05) is 6.54 Å². The number of nitrogens with one attached hydrogen (secondary N) is 1. The summed E-state index contributed by atoms with van der Waals surface area (Å²) in [5.41, 5.74) is 4.31. The molecule has 1 aliphatic rings. The maximum Gasteiger partial charge on any atom is 0.261 e. The van der Waals surface area contributed by atoms with Crippen molar-refractivity contribution in [1.29, 1.82) is 0 Å². The van der Waals surface area contributed by atoms with Crippen molar-refractivity contribution < 1.29 is 9.63 Å². The Bertz CT molecular complexity index is 1590. The zero-order chi connectivity index (χ0) is 28.5. The number of hydroxylamine groups is 2. The van der Waals surface area contributed by atoms with E-state index in [-0.39, 0.29) is 11.5 Å². The van der Waals surface area contributed by atoms with Crippen LogP contribution in [0.4, 0.5) is 0 Å². The van der Waals surface area contributed by atoms with Crippen LogP contribution in [0.1, 0.15) is 45.2 Å². The molecule has 5 rings (SSSR count). The molecule has 1 N–H and O–H groups in total. The van der Waals surface area contributed by atoms with Gasteiger partial charge in [0.15, 0.2) is 5.75 Å². The van der Waals surface area contributed by atoms with E-state index < -0.39 is 0 Å².